The molecule has 0 saturated heterocycles. The largest absolute Gasteiger partial charge is 0.342 e. The van der Waals surface area contributed by atoms with Crippen molar-refractivity contribution < 1.29 is 0 Å². The number of pyridine rings is 1. The van der Waals surface area contributed by atoms with E-state index in [2.05, 4.69) is 27.0 Å². The standard InChI is InChI=1S/C13H10BrN3/c1-17(10-4-3-7-16-9-10)13-6-2-5-12(14)11(13)8-15/h2-7,9H,1H3. The van der Waals surface area contributed by atoms with Gasteiger partial charge in [-0.25, -0.2) is 0 Å². The highest BCUT2D eigenvalue weighted by atomic mass is 79.9. The topological polar surface area (TPSA) is 39.9 Å². The maximum Gasteiger partial charge on any atom is 0.103 e. The first-order valence-corrected chi connectivity index (χ1v) is 5.85. The molecule has 0 unspecified atom stereocenters. The smallest absolute Gasteiger partial charge is 0.103 e. The zero-order valence-corrected chi connectivity index (χ0v) is 10.8. The number of benzene rings is 1. The molecule has 0 spiro atoms. The lowest BCUT2D eigenvalue weighted by molar-refractivity contribution is 1.17. The van der Waals surface area contributed by atoms with Gasteiger partial charge in [0.1, 0.15) is 6.07 Å². The van der Waals surface area contributed by atoms with Crippen molar-refractivity contribution >= 4 is 27.3 Å². The number of aromatic nitrogens is 1. The summed E-state index contributed by atoms with van der Waals surface area (Å²) in [5, 5.41) is 9.17. The first kappa shape index (κ1) is 11.6. The summed E-state index contributed by atoms with van der Waals surface area (Å²) in [4.78, 5) is 6.01. The van der Waals surface area contributed by atoms with Crippen LogP contribution in [0.2, 0.25) is 0 Å². The van der Waals surface area contributed by atoms with Gasteiger partial charge in [0.15, 0.2) is 0 Å². The van der Waals surface area contributed by atoms with Crippen LogP contribution in [0.3, 0.4) is 0 Å². The lowest BCUT2D eigenvalue weighted by atomic mass is 10.1. The van der Waals surface area contributed by atoms with Crippen molar-refractivity contribution in [3.8, 4) is 6.07 Å². The molecule has 0 aliphatic heterocycles. The number of nitriles is 1. The predicted molar refractivity (Wildman–Crippen MR) is 71.2 cm³/mol. The molecule has 84 valence electrons. The van der Waals surface area contributed by atoms with E-state index in [1.807, 2.05) is 42.3 Å². The number of hydrogen-bond donors (Lipinski definition) is 0. The first-order valence-electron chi connectivity index (χ1n) is 5.06. The Morgan fingerprint density at radius 2 is 2.12 bits per heavy atom. The molecule has 0 fully saturated rings. The van der Waals surface area contributed by atoms with Gasteiger partial charge in [-0.15, -0.1) is 0 Å². The van der Waals surface area contributed by atoms with Crippen molar-refractivity contribution in [2.45, 2.75) is 0 Å². The number of halogens is 1. The van der Waals surface area contributed by atoms with Crippen molar-refractivity contribution in [1.82, 2.24) is 4.98 Å². The fraction of sp³-hybridized carbons (Fsp3) is 0.0769. The molecule has 1 heterocycles. The molecule has 1 aromatic carbocycles. The summed E-state index contributed by atoms with van der Waals surface area (Å²) in [5.74, 6) is 0. The van der Waals surface area contributed by atoms with E-state index >= 15 is 0 Å². The number of anilines is 2. The minimum Gasteiger partial charge on any atom is -0.342 e. The van der Waals surface area contributed by atoms with Crippen LogP contribution in [0.15, 0.2) is 47.2 Å². The monoisotopic (exact) mass is 287 g/mol. The Morgan fingerprint density at radius 3 is 2.76 bits per heavy atom. The highest BCUT2D eigenvalue weighted by Gasteiger charge is 2.11. The van der Waals surface area contributed by atoms with E-state index in [0.717, 1.165) is 15.8 Å². The summed E-state index contributed by atoms with van der Waals surface area (Å²) in [6.45, 7) is 0. The van der Waals surface area contributed by atoms with Crippen LogP contribution in [0.5, 0.6) is 0 Å². The van der Waals surface area contributed by atoms with Crippen LogP contribution < -0.4 is 4.90 Å². The van der Waals surface area contributed by atoms with Crippen LogP contribution in [-0.2, 0) is 0 Å². The zero-order chi connectivity index (χ0) is 12.3. The fourth-order valence-electron chi connectivity index (χ4n) is 1.59. The molecule has 1 aromatic heterocycles. The summed E-state index contributed by atoms with van der Waals surface area (Å²) in [6, 6.07) is 11.7. The quantitative estimate of drug-likeness (QED) is 0.849. The highest BCUT2D eigenvalue weighted by Crippen LogP contribution is 2.30. The average molecular weight is 288 g/mol. The van der Waals surface area contributed by atoms with Crippen molar-refractivity contribution in [3.63, 3.8) is 0 Å². The minimum absolute atomic E-state index is 0.624. The van der Waals surface area contributed by atoms with Gasteiger partial charge in [0.05, 0.1) is 23.1 Å². The van der Waals surface area contributed by atoms with E-state index in [1.165, 1.54) is 0 Å². The fourth-order valence-corrected chi connectivity index (χ4v) is 2.04. The van der Waals surface area contributed by atoms with Crippen molar-refractivity contribution in [2.75, 3.05) is 11.9 Å². The second kappa shape index (κ2) is 4.98. The third kappa shape index (κ3) is 2.29. The summed E-state index contributed by atoms with van der Waals surface area (Å²) < 4.78 is 0.799. The van der Waals surface area contributed by atoms with E-state index in [0.29, 0.717) is 5.56 Å². The molecule has 2 rings (SSSR count). The number of rotatable bonds is 2. The molecule has 0 aliphatic carbocycles. The molecule has 17 heavy (non-hydrogen) atoms. The summed E-state index contributed by atoms with van der Waals surface area (Å²) >= 11 is 3.38. The maximum absolute atomic E-state index is 9.17. The molecule has 0 atom stereocenters. The molecule has 2 aromatic rings. The van der Waals surface area contributed by atoms with Gasteiger partial charge < -0.3 is 4.90 Å². The molecule has 4 heteroatoms. The highest BCUT2D eigenvalue weighted by molar-refractivity contribution is 9.10. The SMILES string of the molecule is CN(c1cccnc1)c1cccc(Br)c1C#N. The van der Waals surface area contributed by atoms with Crippen LogP contribution in [0.4, 0.5) is 11.4 Å². The Labute approximate surface area is 108 Å². The molecule has 0 aliphatic rings. The van der Waals surface area contributed by atoms with E-state index < -0.39 is 0 Å². The molecule has 0 radical (unpaired) electrons. The maximum atomic E-state index is 9.17. The van der Waals surface area contributed by atoms with Crippen molar-refractivity contribution in [3.05, 3.63) is 52.8 Å². The number of hydrogen-bond acceptors (Lipinski definition) is 3. The van der Waals surface area contributed by atoms with Crippen molar-refractivity contribution in [2.24, 2.45) is 0 Å². The van der Waals surface area contributed by atoms with Gasteiger partial charge in [-0.05, 0) is 40.2 Å². The van der Waals surface area contributed by atoms with Gasteiger partial charge in [0.25, 0.3) is 0 Å². The Kier molecular flexibility index (Phi) is 3.40. The van der Waals surface area contributed by atoms with Gasteiger partial charge in [-0.2, -0.15) is 5.26 Å². The van der Waals surface area contributed by atoms with Crippen LogP contribution in [0.25, 0.3) is 0 Å². The van der Waals surface area contributed by atoms with Gasteiger partial charge in [-0.3, -0.25) is 4.98 Å². The van der Waals surface area contributed by atoms with E-state index in [9.17, 15) is 5.26 Å². The zero-order valence-electron chi connectivity index (χ0n) is 9.26. The molecule has 3 nitrogen and oxygen atoms in total. The van der Waals surface area contributed by atoms with E-state index in [4.69, 9.17) is 0 Å². The molecule has 0 N–H and O–H groups in total. The lowest BCUT2D eigenvalue weighted by Crippen LogP contribution is -2.11. The lowest BCUT2D eigenvalue weighted by Gasteiger charge is -2.20. The molecular weight excluding hydrogens is 278 g/mol. The second-order valence-electron chi connectivity index (χ2n) is 3.52. The van der Waals surface area contributed by atoms with Gasteiger partial charge in [0.2, 0.25) is 0 Å². The number of nitrogens with zero attached hydrogens (tertiary/aromatic N) is 3. The van der Waals surface area contributed by atoms with Gasteiger partial charge in [-0.1, -0.05) is 6.07 Å². The Morgan fingerprint density at radius 1 is 1.29 bits per heavy atom. The summed E-state index contributed by atoms with van der Waals surface area (Å²) in [5.41, 5.74) is 2.43. The van der Waals surface area contributed by atoms with Crippen LogP contribution in [0, 0.1) is 11.3 Å². The third-order valence-electron chi connectivity index (χ3n) is 2.50. The molecule has 0 bridgehead atoms. The summed E-state index contributed by atoms with van der Waals surface area (Å²) in [7, 11) is 1.92. The molecular formula is C13H10BrN3. The first-order chi connectivity index (χ1) is 8.24. The van der Waals surface area contributed by atoms with Crippen molar-refractivity contribution in [1.29, 1.82) is 5.26 Å². The molecule has 0 amide bonds. The van der Waals surface area contributed by atoms with Gasteiger partial charge in [0, 0.05) is 17.7 Å². The molecule has 0 saturated carbocycles. The second-order valence-corrected chi connectivity index (χ2v) is 4.37. The van der Waals surface area contributed by atoms with Crippen LogP contribution in [0.1, 0.15) is 5.56 Å². The normalized spacial score (nSPS) is 9.71. The Balaban J connectivity index is 2.49. The minimum atomic E-state index is 0.624. The third-order valence-corrected chi connectivity index (χ3v) is 3.16. The Hall–Kier alpha value is -1.86. The van der Waals surface area contributed by atoms with Gasteiger partial charge >= 0.3 is 0 Å². The Bertz CT molecular complexity index is 561. The van der Waals surface area contributed by atoms with E-state index in [-0.39, 0.29) is 0 Å². The average Bonchev–Trinajstić information content (AvgIpc) is 2.38. The van der Waals surface area contributed by atoms with E-state index in [1.54, 1.807) is 12.4 Å². The van der Waals surface area contributed by atoms with Crippen LogP contribution in [-0.4, -0.2) is 12.0 Å². The predicted octanol–water partition coefficient (Wildman–Crippen LogP) is 3.48. The van der Waals surface area contributed by atoms with Crippen LogP contribution >= 0.6 is 15.9 Å². The summed E-state index contributed by atoms with van der Waals surface area (Å²) in [6.07, 6.45) is 3.49.